The Morgan fingerprint density at radius 2 is 1.69 bits per heavy atom. The number of fused-ring (bicyclic) bond motifs is 1. The Balaban J connectivity index is 1.67. The molecule has 0 aromatic heterocycles. The summed E-state index contributed by atoms with van der Waals surface area (Å²) in [6.07, 6.45) is 2.28. The number of likely N-dealkylation sites (tertiary alicyclic amines) is 1. The molecule has 0 atom stereocenters. The van der Waals surface area contributed by atoms with Crippen LogP contribution in [0.4, 0.5) is 4.39 Å². The van der Waals surface area contributed by atoms with Gasteiger partial charge < -0.3 is 24.2 Å². The van der Waals surface area contributed by atoms with Crippen LogP contribution in [-0.4, -0.2) is 62.6 Å². The summed E-state index contributed by atoms with van der Waals surface area (Å²) < 4.78 is 30.5. The minimum Gasteiger partial charge on any atom is -0.496 e. The summed E-state index contributed by atoms with van der Waals surface area (Å²) in [5.41, 5.74) is 2.75. The maximum Gasteiger partial charge on any atom is 0.303 e. The molecule has 1 aliphatic heterocycles. The molecule has 1 fully saturated rings. The molecule has 35 heavy (non-hydrogen) atoms. The number of nitrogens with zero attached hydrogens (tertiary/aromatic N) is 1. The summed E-state index contributed by atoms with van der Waals surface area (Å²) >= 11 is 0. The first-order valence-corrected chi connectivity index (χ1v) is 12.0. The fourth-order valence-corrected chi connectivity index (χ4v) is 4.84. The summed E-state index contributed by atoms with van der Waals surface area (Å²) in [5.74, 6) is 1.13. The molecule has 0 saturated carbocycles. The van der Waals surface area contributed by atoms with Gasteiger partial charge in [0.2, 0.25) is 0 Å². The van der Waals surface area contributed by atoms with Gasteiger partial charge >= 0.3 is 5.97 Å². The molecule has 0 radical (unpaired) electrons. The van der Waals surface area contributed by atoms with Crippen molar-refractivity contribution in [1.29, 1.82) is 0 Å². The minimum atomic E-state index is -0.815. The van der Waals surface area contributed by atoms with E-state index in [0.29, 0.717) is 30.2 Å². The standard InChI is InChI=1S/C28H32FNO5/c1-33-25-17-21(35-20-11-14-30(15-12-20)16-13-29)18-26(34-2)28(25)24-8-4-6-22-19(9-10-27(31)32)5-3-7-23(22)24/h3-8,17-18,20H,9-16H2,1-2H3,(H,31,32). The first-order valence-electron chi connectivity index (χ1n) is 12.0. The highest BCUT2D eigenvalue weighted by Crippen LogP contribution is 2.45. The van der Waals surface area contributed by atoms with E-state index in [0.717, 1.165) is 53.4 Å². The molecule has 0 unspecified atom stereocenters. The predicted molar refractivity (Wildman–Crippen MR) is 135 cm³/mol. The molecule has 0 amide bonds. The van der Waals surface area contributed by atoms with E-state index in [1.165, 1.54) is 0 Å². The lowest BCUT2D eigenvalue weighted by Crippen LogP contribution is -2.39. The number of alkyl halides is 1. The van der Waals surface area contributed by atoms with E-state index in [-0.39, 0.29) is 19.2 Å². The molecule has 186 valence electrons. The van der Waals surface area contributed by atoms with Gasteiger partial charge in [-0.15, -0.1) is 0 Å². The number of halogens is 1. The van der Waals surface area contributed by atoms with Crippen molar-refractivity contribution < 1.29 is 28.5 Å². The topological polar surface area (TPSA) is 68.2 Å². The summed E-state index contributed by atoms with van der Waals surface area (Å²) in [5, 5.41) is 11.1. The fourth-order valence-electron chi connectivity index (χ4n) is 4.84. The molecule has 3 aromatic carbocycles. The summed E-state index contributed by atoms with van der Waals surface area (Å²) in [6.45, 7) is 1.80. The summed E-state index contributed by atoms with van der Waals surface area (Å²) in [6, 6.07) is 15.7. The molecule has 1 saturated heterocycles. The van der Waals surface area contributed by atoms with Gasteiger partial charge in [-0.25, -0.2) is 4.39 Å². The molecule has 7 heteroatoms. The van der Waals surface area contributed by atoms with Gasteiger partial charge in [0, 0.05) is 38.2 Å². The largest absolute Gasteiger partial charge is 0.496 e. The van der Waals surface area contributed by atoms with E-state index in [2.05, 4.69) is 4.90 Å². The molecule has 3 aromatic rings. The average Bonchev–Trinajstić information content (AvgIpc) is 2.87. The van der Waals surface area contributed by atoms with Crippen LogP contribution >= 0.6 is 0 Å². The van der Waals surface area contributed by atoms with Crippen LogP contribution in [0.5, 0.6) is 17.2 Å². The third kappa shape index (κ3) is 5.68. The Morgan fingerprint density at radius 3 is 2.31 bits per heavy atom. The normalized spacial score (nSPS) is 14.7. The van der Waals surface area contributed by atoms with Gasteiger partial charge in [0.15, 0.2) is 0 Å². The maximum absolute atomic E-state index is 12.6. The monoisotopic (exact) mass is 481 g/mol. The van der Waals surface area contributed by atoms with E-state index in [9.17, 15) is 9.18 Å². The van der Waals surface area contributed by atoms with Crippen LogP contribution in [0.1, 0.15) is 24.8 Å². The molecule has 6 nitrogen and oxygen atoms in total. The van der Waals surface area contributed by atoms with Gasteiger partial charge in [0.25, 0.3) is 0 Å². The van der Waals surface area contributed by atoms with Crippen molar-refractivity contribution in [2.45, 2.75) is 31.8 Å². The third-order valence-corrected chi connectivity index (χ3v) is 6.61. The Labute approximate surface area is 205 Å². The number of aliphatic carboxylic acids is 1. The summed E-state index contributed by atoms with van der Waals surface area (Å²) in [4.78, 5) is 13.2. The molecule has 1 N–H and O–H groups in total. The average molecular weight is 482 g/mol. The fraction of sp³-hybridized carbons (Fsp3) is 0.393. The SMILES string of the molecule is COc1cc(OC2CCN(CCF)CC2)cc(OC)c1-c1cccc2c(CCC(=O)O)cccc12. The van der Waals surface area contributed by atoms with E-state index < -0.39 is 5.97 Å². The van der Waals surface area contributed by atoms with Gasteiger partial charge in [-0.1, -0.05) is 36.4 Å². The minimum absolute atomic E-state index is 0.0560. The van der Waals surface area contributed by atoms with E-state index >= 15 is 0 Å². The van der Waals surface area contributed by atoms with E-state index in [4.69, 9.17) is 19.3 Å². The smallest absolute Gasteiger partial charge is 0.303 e. The summed E-state index contributed by atoms with van der Waals surface area (Å²) in [7, 11) is 3.25. The number of methoxy groups -OCH3 is 2. The highest BCUT2D eigenvalue weighted by molar-refractivity contribution is 6.01. The van der Waals surface area contributed by atoms with Gasteiger partial charge in [0.05, 0.1) is 19.8 Å². The lowest BCUT2D eigenvalue weighted by Gasteiger charge is -2.31. The Morgan fingerprint density at radius 1 is 1.03 bits per heavy atom. The van der Waals surface area contributed by atoms with Crippen molar-refractivity contribution >= 4 is 16.7 Å². The van der Waals surface area contributed by atoms with Crippen LogP contribution in [0.3, 0.4) is 0 Å². The van der Waals surface area contributed by atoms with Gasteiger partial charge in [-0.05, 0) is 41.2 Å². The Kier molecular flexibility index (Phi) is 8.08. The van der Waals surface area contributed by atoms with Crippen LogP contribution in [0.2, 0.25) is 0 Å². The van der Waals surface area contributed by atoms with Crippen molar-refractivity contribution in [3.63, 3.8) is 0 Å². The predicted octanol–water partition coefficient (Wildman–Crippen LogP) is 5.35. The number of hydrogen-bond donors (Lipinski definition) is 1. The number of rotatable bonds is 10. The number of aryl methyl sites for hydroxylation is 1. The molecule has 0 aliphatic carbocycles. The van der Waals surface area contributed by atoms with Crippen molar-refractivity contribution in [1.82, 2.24) is 4.90 Å². The molecule has 1 aliphatic rings. The zero-order valence-corrected chi connectivity index (χ0v) is 20.3. The number of piperidine rings is 1. The molecule has 1 heterocycles. The lowest BCUT2D eigenvalue weighted by molar-refractivity contribution is -0.136. The van der Waals surface area contributed by atoms with Gasteiger partial charge in [-0.2, -0.15) is 0 Å². The second-order valence-corrected chi connectivity index (χ2v) is 8.76. The first-order chi connectivity index (χ1) is 17.0. The van der Waals surface area contributed by atoms with Crippen molar-refractivity contribution in [2.24, 2.45) is 0 Å². The first kappa shape index (κ1) is 24.8. The number of carboxylic acids is 1. The second-order valence-electron chi connectivity index (χ2n) is 8.76. The van der Waals surface area contributed by atoms with Gasteiger partial charge in [0.1, 0.15) is 30.0 Å². The number of carbonyl (C=O) groups is 1. The molecule has 0 bridgehead atoms. The van der Waals surface area contributed by atoms with Crippen molar-refractivity contribution in [3.8, 4) is 28.4 Å². The number of hydrogen-bond acceptors (Lipinski definition) is 5. The number of carboxylic acid groups (broad SMARTS) is 1. The zero-order valence-electron chi connectivity index (χ0n) is 20.3. The third-order valence-electron chi connectivity index (χ3n) is 6.61. The van der Waals surface area contributed by atoms with E-state index in [1.807, 2.05) is 48.5 Å². The Bertz CT molecular complexity index is 1150. The van der Waals surface area contributed by atoms with Crippen LogP contribution in [0.25, 0.3) is 21.9 Å². The second kappa shape index (κ2) is 11.4. The van der Waals surface area contributed by atoms with Crippen molar-refractivity contribution in [2.75, 3.05) is 40.5 Å². The number of benzene rings is 3. The molecule has 4 rings (SSSR count). The zero-order chi connectivity index (χ0) is 24.8. The van der Waals surface area contributed by atoms with Crippen LogP contribution < -0.4 is 14.2 Å². The van der Waals surface area contributed by atoms with Crippen LogP contribution in [0.15, 0.2) is 48.5 Å². The van der Waals surface area contributed by atoms with E-state index in [1.54, 1.807) is 14.2 Å². The van der Waals surface area contributed by atoms with Crippen LogP contribution in [-0.2, 0) is 11.2 Å². The number of ether oxygens (including phenoxy) is 3. The maximum atomic E-state index is 12.6. The quantitative estimate of drug-likeness (QED) is 0.421. The van der Waals surface area contributed by atoms with Crippen LogP contribution in [0, 0.1) is 0 Å². The molecule has 0 spiro atoms. The van der Waals surface area contributed by atoms with Gasteiger partial charge in [-0.3, -0.25) is 4.79 Å². The Hall–Kier alpha value is -3.32. The molecular formula is C28H32FNO5. The highest BCUT2D eigenvalue weighted by atomic mass is 19.1. The lowest BCUT2D eigenvalue weighted by atomic mass is 9.93. The highest BCUT2D eigenvalue weighted by Gasteiger charge is 2.23. The van der Waals surface area contributed by atoms with Crippen molar-refractivity contribution in [3.05, 3.63) is 54.1 Å². The molecular weight excluding hydrogens is 449 g/mol.